The van der Waals surface area contributed by atoms with Crippen LogP contribution in [0.3, 0.4) is 0 Å². The predicted octanol–water partition coefficient (Wildman–Crippen LogP) is 1.69. The fourth-order valence-corrected chi connectivity index (χ4v) is 2.22. The molecule has 1 N–H and O–H groups in total. The first-order valence-corrected chi connectivity index (χ1v) is 5.88. The van der Waals surface area contributed by atoms with Crippen molar-refractivity contribution < 1.29 is 4.39 Å². The van der Waals surface area contributed by atoms with Crippen molar-refractivity contribution in [2.24, 2.45) is 0 Å². The summed E-state index contributed by atoms with van der Waals surface area (Å²) in [6.45, 7) is 3.76. The summed E-state index contributed by atoms with van der Waals surface area (Å²) >= 11 is 0. The van der Waals surface area contributed by atoms with E-state index in [0.717, 1.165) is 31.7 Å². The molecule has 2 rings (SSSR count). The quantitative estimate of drug-likeness (QED) is 0.863. The number of benzene rings is 1. The third kappa shape index (κ3) is 3.02. The van der Waals surface area contributed by atoms with Crippen molar-refractivity contribution >= 4 is 0 Å². The van der Waals surface area contributed by atoms with Crippen molar-refractivity contribution in [2.75, 3.05) is 26.2 Å². The molecule has 0 aromatic heterocycles. The van der Waals surface area contributed by atoms with Crippen LogP contribution in [0, 0.1) is 17.1 Å². The molecule has 17 heavy (non-hydrogen) atoms. The maximum atomic E-state index is 12.9. The lowest BCUT2D eigenvalue weighted by Crippen LogP contribution is -2.45. The number of nitrogens with zero attached hydrogens (tertiary/aromatic N) is 2. The minimum Gasteiger partial charge on any atom is -0.314 e. The summed E-state index contributed by atoms with van der Waals surface area (Å²) in [4.78, 5) is 2.28. The average molecular weight is 233 g/mol. The lowest BCUT2D eigenvalue weighted by molar-refractivity contribution is 0.175. The van der Waals surface area contributed by atoms with Crippen LogP contribution in [0.15, 0.2) is 24.3 Å². The molecule has 1 heterocycles. The van der Waals surface area contributed by atoms with Gasteiger partial charge in [0.2, 0.25) is 0 Å². The third-order valence-electron chi connectivity index (χ3n) is 3.13. The highest BCUT2D eigenvalue weighted by Gasteiger charge is 2.21. The van der Waals surface area contributed by atoms with Crippen molar-refractivity contribution in [3.63, 3.8) is 0 Å². The van der Waals surface area contributed by atoms with E-state index in [-0.39, 0.29) is 11.9 Å². The predicted molar refractivity (Wildman–Crippen MR) is 63.8 cm³/mol. The van der Waals surface area contributed by atoms with Gasteiger partial charge in [-0.25, -0.2) is 4.39 Å². The zero-order valence-corrected chi connectivity index (χ0v) is 9.69. The summed E-state index contributed by atoms with van der Waals surface area (Å²) in [6.07, 6.45) is 0.450. The van der Waals surface area contributed by atoms with Crippen LogP contribution in [-0.2, 0) is 0 Å². The minimum atomic E-state index is -0.232. The summed E-state index contributed by atoms with van der Waals surface area (Å²) in [5.41, 5.74) is 1.02. The molecule has 4 heteroatoms. The fraction of sp³-hybridized carbons (Fsp3) is 0.462. The maximum Gasteiger partial charge on any atom is 0.123 e. The van der Waals surface area contributed by atoms with Crippen LogP contribution >= 0.6 is 0 Å². The smallest absolute Gasteiger partial charge is 0.123 e. The molecule has 0 bridgehead atoms. The molecule has 1 aromatic rings. The first kappa shape index (κ1) is 12.0. The molecule has 1 fully saturated rings. The van der Waals surface area contributed by atoms with Gasteiger partial charge >= 0.3 is 0 Å². The molecule has 3 nitrogen and oxygen atoms in total. The molecule has 1 aliphatic heterocycles. The van der Waals surface area contributed by atoms with E-state index in [1.165, 1.54) is 12.1 Å². The third-order valence-corrected chi connectivity index (χ3v) is 3.13. The van der Waals surface area contributed by atoms with Crippen LogP contribution < -0.4 is 5.32 Å². The number of piperazine rings is 1. The number of nitrogens with one attached hydrogen (secondary N) is 1. The number of halogens is 1. The lowest BCUT2D eigenvalue weighted by Gasteiger charge is -2.34. The van der Waals surface area contributed by atoms with Crippen LogP contribution in [0.5, 0.6) is 0 Å². The van der Waals surface area contributed by atoms with E-state index >= 15 is 0 Å². The van der Waals surface area contributed by atoms with Gasteiger partial charge < -0.3 is 5.32 Å². The van der Waals surface area contributed by atoms with E-state index in [0.29, 0.717) is 6.42 Å². The Hall–Kier alpha value is -1.44. The Balaban J connectivity index is 2.15. The van der Waals surface area contributed by atoms with Crippen LogP contribution in [0.2, 0.25) is 0 Å². The van der Waals surface area contributed by atoms with Gasteiger partial charge in [0.1, 0.15) is 5.82 Å². The van der Waals surface area contributed by atoms with Gasteiger partial charge in [0.05, 0.1) is 12.5 Å². The van der Waals surface area contributed by atoms with Crippen LogP contribution in [0.1, 0.15) is 18.0 Å². The van der Waals surface area contributed by atoms with E-state index in [9.17, 15) is 4.39 Å². The molecular weight excluding hydrogens is 217 g/mol. The molecule has 1 aliphatic rings. The molecule has 0 aliphatic carbocycles. The van der Waals surface area contributed by atoms with E-state index in [4.69, 9.17) is 5.26 Å². The molecule has 0 unspecified atom stereocenters. The van der Waals surface area contributed by atoms with E-state index in [1.807, 2.05) is 0 Å². The van der Waals surface area contributed by atoms with E-state index in [1.54, 1.807) is 12.1 Å². The highest BCUT2D eigenvalue weighted by molar-refractivity contribution is 5.21. The molecule has 1 saturated heterocycles. The maximum absolute atomic E-state index is 12.9. The molecular formula is C13H16FN3. The standard InChI is InChI=1S/C13H16FN3/c14-12-3-1-11(2-4-12)13(5-6-15)17-9-7-16-8-10-17/h1-4,13,16H,5,7-10H2/t13-/m1/s1. The van der Waals surface area contributed by atoms with Crippen molar-refractivity contribution in [2.45, 2.75) is 12.5 Å². The highest BCUT2D eigenvalue weighted by Crippen LogP contribution is 2.24. The van der Waals surface area contributed by atoms with Crippen LogP contribution in [-0.4, -0.2) is 31.1 Å². The van der Waals surface area contributed by atoms with Gasteiger partial charge in [0.25, 0.3) is 0 Å². The monoisotopic (exact) mass is 233 g/mol. The Bertz CT molecular complexity index is 390. The largest absolute Gasteiger partial charge is 0.314 e. The average Bonchev–Trinajstić information content (AvgIpc) is 2.38. The van der Waals surface area contributed by atoms with Crippen molar-refractivity contribution in [3.05, 3.63) is 35.6 Å². The molecule has 0 spiro atoms. The number of rotatable bonds is 3. The molecule has 0 saturated carbocycles. The second-order valence-electron chi connectivity index (χ2n) is 4.22. The van der Waals surface area contributed by atoms with Gasteiger partial charge in [-0.1, -0.05) is 12.1 Å². The number of hydrogen-bond acceptors (Lipinski definition) is 3. The molecule has 1 aromatic carbocycles. The molecule has 0 radical (unpaired) electrons. The van der Waals surface area contributed by atoms with Gasteiger partial charge in [-0.15, -0.1) is 0 Å². The summed E-state index contributed by atoms with van der Waals surface area (Å²) in [6, 6.07) is 8.78. The highest BCUT2D eigenvalue weighted by atomic mass is 19.1. The normalized spacial score (nSPS) is 18.6. The molecule has 90 valence electrons. The summed E-state index contributed by atoms with van der Waals surface area (Å²) in [5, 5.41) is 12.2. The summed E-state index contributed by atoms with van der Waals surface area (Å²) in [7, 11) is 0. The second kappa shape index (κ2) is 5.76. The van der Waals surface area contributed by atoms with E-state index < -0.39 is 0 Å². The first-order chi connectivity index (χ1) is 8.31. The molecule has 1 atom stereocenters. The van der Waals surface area contributed by atoms with E-state index in [2.05, 4.69) is 16.3 Å². The topological polar surface area (TPSA) is 39.1 Å². The Morgan fingerprint density at radius 3 is 2.53 bits per heavy atom. The Kier molecular flexibility index (Phi) is 4.08. The van der Waals surface area contributed by atoms with Gasteiger partial charge in [0, 0.05) is 32.2 Å². The van der Waals surface area contributed by atoms with Crippen molar-refractivity contribution in [1.82, 2.24) is 10.2 Å². The Morgan fingerprint density at radius 2 is 1.94 bits per heavy atom. The Morgan fingerprint density at radius 1 is 1.29 bits per heavy atom. The fourth-order valence-electron chi connectivity index (χ4n) is 2.22. The van der Waals surface area contributed by atoms with Gasteiger partial charge in [0.15, 0.2) is 0 Å². The summed E-state index contributed by atoms with van der Waals surface area (Å²) in [5.74, 6) is -0.232. The second-order valence-corrected chi connectivity index (χ2v) is 4.22. The Labute approximate surface area is 101 Å². The van der Waals surface area contributed by atoms with Crippen molar-refractivity contribution in [3.8, 4) is 6.07 Å². The lowest BCUT2D eigenvalue weighted by atomic mass is 10.0. The van der Waals surface area contributed by atoms with Gasteiger partial charge in [-0.3, -0.25) is 4.90 Å². The first-order valence-electron chi connectivity index (χ1n) is 5.88. The number of nitriles is 1. The SMILES string of the molecule is N#CC[C@H](c1ccc(F)cc1)N1CCNCC1. The minimum absolute atomic E-state index is 0.0858. The molecule has 0 amide bonds. The zero-order chi connectivity index (χ0) is 12.1. The summed E-state index contributed by atoms with van der Waals surface area (Å²) < 4.78 is 12.9. The van der Waals surface area contributed by atoms with Crippen LogP contribution in [0.4, 0.5) is 4.39 Å². The van der Waals surface area contributed by atoms with Gasteiger partial charge in [-0.05, 0) is 17.7 Å². The zero-order valence-electron chi connectivity index (χ0n) is 9.69. The van der Waals surface area contributed by atoms with Crippen LogP contribution in [0.25, 0.3) is 0 Å². The van der Waals surface area contributed by atoms with Crippen molar-refractivity contribution in [1.29, 1.82) is 5.26 Å². The number of hydrogen-bond donors (Lipinski definition) is 1. The van der Waals surface area contributed by atoms with Gasteiger partial charge in [-0.2, -0.15) is 5.26 Å².